The Morgan fingerprint density at radius 3 is 2.48 bits per heavy atom. The molecule has 7 nitrogen and oxygen atoms in total. The summed E-state index contributed by atoms with van der Waals surface area (Å²) >= 11 is 0. The lowest BCUT2D eigenvalue weighted by Gasteiger charge is -2.17. The molecule has 21 heavy (non-hydrogen) atoms. The molecule has 0 spiro atoms. The van der Waals surface area contributed by atoms with E-state index in [1.165, 1.54) is 0 Å². The van der Waals surface area contributed by atoms with Crippen molar-refractivity contribution in [1.82, 2.24) is 15.3 Å². The predicted octanol–water partition coefficient (Wildman–Crippen LogP) is 1.29. The Kier molecular flexibility index (Phi) is 6.51. The third kappa shape index (κ3) is 6.05. The third-order valence-corrected chi connectivity index (χ3v) is 2.81. The van der Waals surface area contributed by atoms with Crippen LogP contribution in [0.1, 0.15) is 33.0 Å². The Morgan fingerprint density at radius 1 is 1.38 bits per heavy atom. The average Bonchev–Trinajstić information content (AvgIpc) is 2.43. The summed E-state index contributed by atoms with van der Waals surface area (Å²) in [6.45, 7) is 6.38. The summed E-state index contributed by atoms with van der Waals surface area (Å²) in [5.41, 5.74) is 0.368. The molecule has 7 heteroatoms. The van der Waals surface area contributed by atoms with Crippen LogP contribution in [-0.4, -0.2) is 47.5 Å². The summed E-state index contributed by atoms with van der Waals surface area (Å²) in [6.07, 6.45) is 3.67. The van der Waals surface area contributed by atoms with Crippen LogP contribution in [0.15, 0.2) is 12.4 Å². The van der Waals surface area contributed by atoms with Gasteiger partial charge in [0.05, 0.1) is 30.7 Å². The standard InChI is InChI=1S/C14H24N4O3/c1-14(2,3)12-15-7-11(8-16-12)18-13(20)17-10(9-19)5-6-21-4/h7-8,10,19H,5-6,9H2,1-4H3,(H2,17,18,20)/t10-/m1/s1. The van der Waals surface area contributed by atoms with Gasteiger partial charge in [-0.1, -0.05) is 20.8 Å². The van der Waals surface area contributed by atoms with Crippen molar-refractivity contribution in [3.05, 3.63) is 18.2 Å². The first-order valence-corrected chi connectivity index (χ1v) is 6.86. The van der Waals surface area contributed by atoms with Crippen LogP contribution >= 0.6 is 0 Å². The summed E-state index contributed by atoms with van der Waals surface area (Å²) in [7, 11) is 1.57. The van der Waals surface area contributed by atoms with E-state index in [0.29, 0.717) is 24.5 Å². The lowest BCUT2D eigenvalue weighted by atomic mass is 9.96. The molecule has 0 fully saturated rings. The first kappa shape index (κ1) is 17.3. The lowest BCUT2D eigenvalue weighted by molar-refractivity contribution is 0.161. The molecule has 1 rings (SSSR count). The monoisotopic (exact) mass is 296 g/mol. The molecule has 1 heterocycles. The van der Waals surface area contributed by atoms with Gasteiger partial charge in [0.2, 0.25) is 0 Å². The van der Waals surface area contributed by atoms with E-state index in [1.807, 2.05) is 20.8 Å². The normalized spacial score (nSPS) is 12.8. The smallest absolute Gasteiger partial charge is 0.319 e. The van der Waals surface area contributed by atoms with E-state index in [9.17, 15) is 9.90 Å². The van der Waals surface area contributed by atoms with Crippen molar-refractivity contribution in [2.75, 3.05) is 25.6 Å². The number of rotatable bonds is 6. The van der Waals surface area contributed by atoms with Gasteiger partial charge in [0.1, 0.15) is 5.82 Å². The quantitative estimate of drug-likeness (QED) is 0.735. The van der Waals surface area contributed by atoms with Gasteiger partial charge in [0, 0.05) is 19.1 Å². The molecular formula is C14H24N4O3. The molecule has 1 aromatic rings. The molecule has 3 N–H and O–H groups in total. The molecule has 0 bridgehead atoms. The van der Waals surface area contributed by atoms with Crippen LogP contribution in [0.4, 0.5) is 10.5 Å². The van der Waals surface area contributed by atoms with Crippen LogP contribution in [0.2, 0.25) is 0 Å². The maximum atomic E-state index is 11.8. The molecule has 0 unspecified atom stereocenters. The van der Waals surface area contributed by atoms with E-state index in [0.717, 1.165) is 0 Å². The summed E-state index contributed by atoms with van der Waals surface area (Å²) < 4.78 is 4.92. The van der Waals surface area contributed by atoms with Gasteiger partial charge in [-0.3, -0.25) is 0 Å². The van der Waals surface area contributed by atoms with Gasteiger partial charge in [-0.2, -0.15) is 0 Å². The van der Waals surface area contributed by atoms with Crippen molar-refractivity contribution in [1.29, 1.82) is 0 Å². The fourth-order valence-electron chi connectivity index (χ4n) is 1.60. The highest BCUT2D eigenvalue weighted by Gasteiger charge is 2.17. The number of anilines is 1. The zero-order valence-corrected chi connectivity index (χ0v) is 13.0. The highest BCUT2D eigenvalue weighted by atomic mass is 16.5. The molecule has 0 saturated heterocycles. The van der Waals surface area contributed by atoms with Gasteiger partial charge in [0.15, 0.2) is 0 Å². The molecule has 1 aromatic heterocycles. The number of urea groups is 1. The number of hydrogen-bond donors (Lipinski definition) is 3. The molecule has 1 atom stereocenters. The largest absolute Gasteiger partial charge is 0.394 e. The van der Waals surface area contributed by atoms with Gasteiger partial charge >= 0.3 is 6.03 Å². The zero-order valence-electron chi connectivity index (χ0n) is 13.0. The van der Waals surface area contributed by atoms with Gasteiger partial charge in [-0.25, -0.2) is 14.8 Å². The van der Waals surface area contributed by atoms with Crippen molar-refractivity contribution in [2.45, 2.75) is 38.6 Å². The Labute approximate surface area is 125 Å². The van der Waals surface area contributed by atoms with Crippen LogP contribution in [0.3, 0.4) is 0 Å². The van der Waals surface area contributed by atoms with Crippen LogP contribution in [0.5, 0.6) is 0 Å². The van der Waals surface area contributed by atoms with E-state index in [4.69, 9.17) is 4.74 Å². The Morgan fingerprint density at radius 2 is 2.00 bits per heavy atom. The van der Waals surface area contributed by atoms with E-state index in [1.54, 1.807) is 19.5 Å². The number of carbonyl (C=O) groups excluding carboxylic acids is 1. The number of carbonyl (C=O) groups is 1. The van der Waals surface area contributed by atoms with Crippen molar-refractivity contribution < 1.29 is 14.6 Å². The summed E-state index contributed by atoms with van der Waals surface area (Å²) in [5, 5.41) is 14.5. The minimum Gasteiger partial charge on any atom is -0.394 e. The second-order valence-corrected chi connectivity index (χ2v) is 5.80. The number of amides is 2. The molecule has 0 aliphatic heterocycles. The number of hydrogen-bond acceptors (Lipinski definition) is 5. The van der Waals surface area contributed by atoms with E-state index in [-0.39, 0.29) is 18.1 Å². The Hall–Kier alpha value is -1.73. The highest BCUT2D eigenvalue weighted by molar-refractivity contribution is 5.89. The average molecular weight is 296 g/mol. The predicted molar refractivity (Wildman–Crippen MR) is 80.3 cm³/mol. The second-order valence-electron chi connectivity index (χ2n) is 5.80. The first-order chi connectivity index (χ1) is 9.86. The zero-order chi connectivity index (χ0) is 15.9. The summed E-state index contributed by atoms with van der Waals surface area (Å²) in [4.78, 5) is 20.3. The first-order valence-electron chi connectivity index (χ1n) is 6.86. The van der Waals surface area contributed by atoms with Crippen molar-refractivity contribution in [3.8, 4) is 0 Å². The third-order valence-electron chi connectivity index (χ3n) is 2.81. The fraction of sp³-hybridized carbons (Fsp3) is 0.643. The molecule has 0 saturated carbocycles. The molecule has 0 aliphatic carbocycles. The van der Waals surface area contributed by atoms with E-state index in [2.05, 4.69) is 20.6 Å². The number of nitrogens with zero attached hydrogens (tertiary/aromatic N) is 2. The molecule has 0 aromatic carbocycles. The molecular weight excluding hydrogens is 272 g/mol. The minimum absolute atomic E-state index is 0.136. The van der Waals surface area contributed by atoms with Crippen LogP contribution in [0, 0.1) is 0 Å². The lowest BCUT2D eigenvalue weighted by Crippen LogP contribution is -2.40. The Bertz CT molecular complexity index is 443. The van der Waals surface area contributed by atoms with E-state index < -0.39 is 6.03 Å². The van der Waals surface area contributed by atoms with E-state index >= 15 is 0 Å². The van der Waals surface area contributed by atoms with Gasteiger partial charge < -0.3 is 20.5 Å². The fourth-order valence-corrected chi connectivity index (χ4v) is 1.60. The minimum atomic E-state index is -0.405. The van der Waals surface area contributed by atoms with Crippen molar-refractivity contribution in [2.24, 2.45) is 0 Å². The van der Waals surface area contributed by atoms with Crippen molar-refractivity contribution in [3.63, 3.8) is 0 Å². The molecule has 118 valence electrons. The SMILES string of the molecule is COCC[C@H](CO)NC(=O)Nc1cnc(C(C)(C)C)nc1. The van der Waals surface area contributed by atoms with Gasteiger partial charge in [0.25, 0.3) is 0 Å². The van der Waals surface area contributed by atoms with Crippen molar-refractivity contribution >= 4 is 11.7 Å². The second kappa shape index (κ2) is 7.90. The number of aliphatic hydroxyl groups excluding tert-OH is 1. The van der Waals surface area contributed by atoms with Crippen LogP contribution < -0.4 is 10.6 Å². The molecule has 0 radical (unpaired) electrons. The summed E-state index contributed by atoms with van der Waals surface area (Å²) in [6, 6.07) is -0.753. The van der Waals surface area contributed by atoms with Gasteiger partial charge in [-0.15, -0.1) is 0 Å². The number of ether oxygens (including phenoxy) is 1. The maximum Gasteiger partial charge on any atom is 0.319 e. The van der Waals surface area contributed by atoms with Crippen LogP contribution in [0.25, 0.3) is 0 Å². The molecule has 2 amide bonds. The molecule has 0 aliphatic rings. The van der Waals surface area contributed by atoms with Gasteiger partial charge in [-0.05, 0) is 6.42 Å². The Balaban J connectivity index is 2.54. The number of aliphatic hydroxyl groups is 1. The highest BCUT2D eigenvalue weighted by Crippen LogP contribution is 2.18. The topological polar surface area (TPSA) is 96.4 Å². The number of methoxy groups -OCH3 is 1. The summed E-state index contributed by atoms with van der Waals surface area (Å²) in [5.74, 6) is 0.710. The van der Waals surface area contributed by atoms with Crippen LogP contribution in [-0.2, 0) is 10.2 Å². The number of nitrogens with one attached hydrogen (secondary N) is 2. The maximum absolute atomic E-state index is 11.8. The number of aromatic nitrogens is 2.